The van der Waals surface area contributed by atoms with E-state index in [1.807, 2.05) is 13.8 Å². The third-order valence-corrected chi connectivity index (χ3v) is 5.69. The summed E-state index contributed by atoms with van der Waals surface area (Å²) in [5.74, 6) is -1.88. The van der Waals surface area contributed by atoms with Crippen LogP contribution in [0.25, 0.3) is 5.76 Å². The Kier molecular flexibility index (Phi) is 5.75. The minimum absolute atomic E-state index is 0.0198. The maximum Gasteiger partial charge on any atom is 0.301 e. The average Bonchev–Trinajstić information content (AvgIpc) is 3.29. The fourth-order valence-corrected chi connectivity index (χ4v) is 4.21. The number of ketones is 1. The van der Waals surface area contributed by atoms with E-state index in [4.69, 9.17) is 4.74 Å². The quantitative estimate of drug-likeness (QED) is 0.350. The van der Waals surface area contributed by atoms with Crippen LogP contribution in [0.4, 0.5) is 9.52 Å². The minimum Gasteiger partial charge on any atom is -0.507 e. The molecule has 0 spiro atoms. The molecule has 3 aromatic rings. The summed E-state index contributed by atoms with van der Waals surface area (Å²) in [7, 11) is 0. The highest BCUT2D eigenvalue weighted by Crippen LogP contribution is 2.43. The number of rotatable bonds is 5. The maximum absolute atomic E-state index is 13.6. The van der Waals surface area contributed by atoms with Crippen LogP contribution in [-0.4, -0.2) is 33.1 Å². The SMILES string of the molecule is Cc1nnc(N2C(=O)C(=O)C(=C(O)c3ccc(OC(C)C)cc3)[C@H]2c2ccc(F)cc2)s1. The Morgan fingerprint density at radius 1 is 1.09 bits per heavy atom. The standard InChI is InChI=1S/C23H20FN3O4S/c1-12(2)31-17-10-6-15(7-11-17)20(28)18-19(14-4-8-16(24)9-5-14)27(22(30)21(18)29)23-26-25-13(3)32-23/h4-12,19,28H,1-3H3/t19-/m1/s1. The molecule has 0 radical (unpaired) electrons. The molecule has 0 aliphatic carbocycles. The average molecular weight is 453 g/mol. The fourth-order valence-electron chi connectivity index (χ4n) is 3.49. The van der Waals surface area contributed by atoms with Gasteiger partial charge in [-0.05, 0) is 62.7 Å². The van der Waals surface area contributed by atoms with Gasteiger partial charge in [0.2, 0.25) is 5.13 Å². The van der Waals surface area contributed by atoms with Crippen molar-refractivity contribution in [2.24, 2.45) is 0 Å². The molecule has 1 aromatic heterocycles. The largest absolute Gasteiger partial charge is 0.507 e. The molecule has 1 atom stereocenters. The highest BCUT2D eigenvalue weighted by atomic mass is 32.1. The summed E-state index contributed by atoms with van der Waals surface area (Å²) in [6.45, 7) is 5.52. The second-order valence-corrected chi connectivity index (χ2v) is 8.68. The monoisotopic (exact) mass is 453 g/mol. The molecule has 1 N–H and O–H groups in total. The summed E-state index contributed by atoms with van der Waals surface area (Å²) in [5, 5.41) is 19.8. The molecule has 0 bridgehead atoms. The first kappa shape index (κ1) is 21.6. The van der Waals surface area contributed by atoms with Crippen molar-refractivity contribution in [3.63, 3.8) is 0 Å². The van der Waals surface area contributed by atoms with E-state index in [9.17, 15) is 19.1 Å². The van der Waals surface area contributed by atoms with Gasteiger partial charge in [0.05, 0.1) is 17.7 Å². The number of benzene rings is 2. The van der Waals surface area contributed by atoms with Crippen LogP contribution in [0.5, 0.6) is 5.75 Å². The number of Topliss-reactive ketones (excluding diaryl/α,β-unsaturated/α-hetero) is 1. The van der Waals surface area contributed by atoms with Crippen molar-refractivity contribution in [1.29, 1.82) is 0 Å². The number of halogens is 1. The number of carbonyl (C=O) groups is 2. The predicted octanol–water partition coefficient (Wildman–Crippen LogP) is 4.40. The number of aryl methyl sites for hydroxylation is 1. The van der Waals surface area contributed by atoms with E-state index in [1.165, 1.54) is 29.2 Å². The highest BCUT2D eigenvalue weighted by Gasteiger charge is 2.48. The predicted molar refractivity (Wildman–Crippen MR) is 118 cm³/mol. The molecule has 4 rings (SSSR count). The summed E-state index contributed by atoms with van der Waals surface area (Å²) >= 11 is 1.15. The Labute approximate surface area is 187 Å². The lowest BCUT2D eigenvalue weighted by Crippen LogP contribution is -2.29. The Bertz CT molecular complexity index is 1200. The van der Waals surface area contributed by atoms with Crippen molar-refractivity contribution in [3.8, 4) is 5.75 Å². The van der Waals surface area contributed by atoms with Crippen molar-refractivity contribution < 1.29 is 23.8 Å². The molecule has 2 heterocycles. The van der Waals surface area contributed by atoms with E-state index < -0.39 is 23.5 Å². The number of hydrogen-bond acceptors (Lipinski definition) is 7. The van der Waals surface area contributed by atoms with Crippen molar-refractivity contribution in [1.82, 2.24) is 10.2 Å². The van der Waals surface area contributed by atoms with Gasteiger partial charge >= 0.3 is 5.91 Å². The number of nitrogens with zero attached hydrogens (tertiary/aromatic N) is 3. The number of carbonyl (C=O) groups excluding carboxylic acids is 2. The minimum atomic E-state index is -0.977. The molecule has 1 aliphatic rings. The van der Waals surface area contributed by atoms with Gasteiger partial charge < -0.3 is 9.84 Å². The van der Waals surface area contributed by atoms with Crippen molar-refractivity contribution in [2.45, 2.75) is 32.9 Å². The Morgan fingerprint density at radius 2 is 1.75 bits per heavy atom. The zero-order chi connectivity index (χ0) is 23.0. The van der Waals surface area contributed by atoms with Gasteiger partial charge in [-0.2, -0.15) is 0 Å². The molecule has 9 heteroatoms. The molecule has 32 heavy (non-hydrogen) atoms. The number of amides is 1. The Hall–Kier alpha value is -3.59. The molecular weight excluding hydrogens is 433 g/mol. The van der Waals surface area contributed by atoms with Gasteiger partial charge in [0.1, 0.15) is 22.3 Å². The van der Waals surface area contributed by atoms with Crippen LogP contribution >= 0.6 is 11.3 Å². The molecule has 7 nitrogen and oxygen atoms in total. The van der Waals surface area contributed by atoms with Crippen molar-refractivity contribution in [3.05, 3.63) is 76.1 Å². The van der Waals surface area contributed by atoms with Crippen molar-refractivity contribution in [2.75, 3.05) is 4.90 Å². The molecule has 1 saturated heterocycles. The number of aliphatic hydroxyl groups excluding tert-OH is 1. The van der Waals surface area contributed by atoms with Crippen LogP contribution in [0.15, 0.2) is 54.1 Å². The van der Waals surface area contributed by atoms with Crippen molar-refractivity contribution >= 4 is 33.9 Å². The summed E-state index contributed by atoms with van der Waals surface area (Å²) in [6, 6.07) is 11.0. The fraction of sp³-hybridized carbons (Fsp3) is 0.217. The number of aliphatic hydroxyl groups is 1. The second kappa shape index (κ2) is 8.51. The Morgan fingerprint density at radius 3 is 2.31 bits per heavy atom. The molecule has 0 unspecified atom stereocenters. The van der Waals surface area contributed by atoms with Gasteiger partial charge in [-0.15, -0.1) is 10.2 Å². The first-order valence-electron chi connectivity index (χ1n) is 9.90. The zero-order valence-electron chi connectivity index (χ0n) is 17.6. The van der Waals surface area contributed by atoms with E-state index in [0.717, 1.165) is 11.3 Å². The smallest absolute Gasteiger partial charge is 0.301 e. The molecule has 1 fully saturated rings. The van der Waals surface area contributed by atoms with E-state index in [2.05, 4.69) is 10.2 Å². The van der Waals surface area contributed by atoms with E-state index in [0.29, 0.717) is 21.9 Å². The first-order valence-corrected chi connectivity index (χ1v) is 10.7. The number of hydrogen-bond donors (Lipinski definition) is 1. The third-order valence-electron chi connectivity index (χ3n) is 4.85. The molecule has 1 aliphatic heterocycles. The van der Waals surface area contributed by atoms with Gasteiger partial charge in [0, 0.05) is 5.56 Å². The van der Waals surface area contributed by atoms with Gasteiger partial charge in [0.15, 0.2) is 0 Å². The van der Waals surface area contributed by atoms with Crippen LogP contribution in [0.1, 0.15) is 36.0 Å². The van der Waals surface area contributed by atoms with Gasteiger partial charge in [-0.1, -0.05) is 23.5 Å². The van der Waals surface area contributed by atoms with E-state index >= 15 is 0 Å². The van der Waals surface area contributed by atoms with Gasteiger partial charge in [-0.25, -0.2) is 4.39 Å². The van der Waals surface area contributed by atoms with E-state index in [1.54, 1.807) is 31.2 Å². The topological polar surface area (TPSA) is 92.6 Å². The van der Waals surface area contributed by atoms with E-state index in [-0.39, 0.29) is 22.6 Å². The zero-order valence-corrected chi connectivity index (χ0v) is 18.4. The van der Waals surface area contributed by atoms with Crippen LogP contribution in [0.3, 0.4) is 0 Å². The highest BCUT2D eigenvalue weighted by molar-refractivity contribution is 7.15. The summed E-state index contributed by atoms with van der Waals surface area (Å²) in [6.07, 6.45) is -0.0198. The Balaban J connectivity index is 1.85. The lowest BCUT2D eigenvalue weighted by Gasteiger charge is -2.22. The van der Waals surface area contributed by atoms with Gasteiger partial charge in [0.25, 0.3) is 5.78 Å². The second-order valence-electron chi connectivity index (χ2n) is 7.52. The summed E-state index contributed by atoms with van der Waals surface area (Å²) in [5.41, 5.74) is 0.700. The lowest BCUT2D eigenvalue weighted by molar-refractivity contribution is -0.132. The van der Waals surface area contributed by atoms with Crippen LogP contribution in [0.2, 0.25) is 0 Å². The molecule has 164 valence electrons. The van der Waals surface area contributed by atoms with Crippen LogP contribution < -0.4 is 9.64 Å². The number of aromatic nitrogens is 2. The normalized spacial score (nSPS) is 17.9. The lowest BCUT2D eigenvalue weighted by atomic mass is 9.95. The first-order chi connectivity index (χ1) is 15.3. The molecule has 0 saturated carbocycles. The summed E-state index contributed by atoms with van der Waals surface area (Å²) < 4.78 is 19.2. The number of ether oxygens (including phenoxy) is 1. The molecule has 1 amide bonds. The third kappa shape index (κ3) is 3.99. The van der Waals surface area contributed by atoms with Crippen LogP contribution in [0, 0.1) is 12.7 Å². The molecular formula is C23H20FN3O4S. The van der Waals surface area contributed by atoms with Gasteiger partial charge in [-0.3, -0.25) is 14.5 Å². The molecule has 2 aromatic carbocycles. The summed E-state index contributed by atoms with van der Waals surface area (Å²) in [4.78, 5) is 27.2. The number of anilines is 1. The maximum atomic E-state index is 13.6. The van der Waals surface area contributed by atoms with Crippen LogP contribution in [-0.2, 0) is 9.59 Å².